The minimum absolute atomic E-state index is 0.161. The number of esters is 1. The van der Waals surface area contributed by atoms with E-state index in [2.05, 4.69) is 15.9 Å². The highest BCUT2D eigenvalue weighted by molar-refractivity contribution is 9.10. The summed E-state index contributed by atoms with van der Waals surface area (Å²) in [6, 6.07) is 1.53. The van der Waals surface area contributed by atoms with Crippen LogP contribution in [0.2, 0.25) is 0 Å². The van der Waals surface area contributed by atoms with E-state index in [1.54, 1.807) is 20.8 Å². The van der Waals surface area contributed by atoms with Crippen LogP contribution in [0.1, 0.15) is 36.7 Å². The molecule has 0 atom stereocenters. The van der Waals surface area contributed by atoms with Gasteiger partial charge in [-0.05, 0) is 34.5 Å². The Balaban J connectivity index is 3.37. The van der Waals surface area contributed by atoms with Crippen molar-refractivity contribution >= 4 is 27.7 Å². The number of carbonyl (C=O) groups excluding carboxylic acids is 2. The van der Waals surface area contributed by atoms with Crippen LogP contribution >= 0.6 is 15.9 Å². The maximum absolute atomic E-state index is 11.9. The molecule has 0 heterocycles. The Morgan fingerprint density at radius 1 is 1.39 bits per heavy atom. The summed E-state index contributed by atoms with van der Waals surface area (Å²) >= 11 is 3.15. The van der Waals surface area contributed by atoms with Gasteiger partial charge in [-0.3, -0.25) is 9.59 Å². The lowest BCUT2D eigenvalue weighted by Gasteiger charge is -2.14. The average molecular weight is 315 g/mol. The Kier molecular flexibility index (Phi) is 4.51. The van der Waals surface area contributed by atoms with E-state index >= 15 is 0 Å². The molecule has 0 aliphatic carbocycles. The van der Waals surface area contributed by atoms with Gasteiger partial charge in [0.1, 0.15) is 10.2 Å². The van der Waals surface area contributed by atoms with E-state index in [0.717, 1.165) is 0 Å². The molecule has 0 spiro atoms. The first-order valence-corrected chi connectivity index (χ1v) is 6.29. The second-order valence-corrected chi connectivity index (χ2v) is 5.14. The summed E-state index contributed by atoms with van der Waals surface area (Å²) in [5.74, 6) is -0.829. The molecule has 0 bridgehead atoms. The van der Waals surface area contributed by atoms with Gasteiger partial charge in [0.25, 0.3) is 0 Å². The smallest absolute Gasteiger partial charge is 0.308 e. The summed E-state index contributed by atoms with van der Waals surface area (Å²) in [5, 5.41) is 9.98. The van der Waals surface area contributed by atoms with Crippen molar-refractivity contribution < 1.29 is 19.4 Å². The van der Waals surface area contributed by atoms with Crippen LogP contribution in [-0.4, -0.2) is 16.9 Å². The van der Waals surface area contributed by atoms with Crippen molar-refractivity contribution in [2.75, 3.05) is 0 Å². The quantitative estimate of drug-likeness (QED) is 0.528. The van der Waals surface area contributed by atoms with Crippen molar-refractivity contribution in [1.29, 1.82) is 0 Å². The van der Waals surface area contributed by atoms with Crippen molar-refractivity contribution in [3.05, 3.63) is 21.7 Å². The number of Topliss-reactive ketones (excluding diaryl/α,β-unsaturated/α-hetero) is 1. The number of halogens is 1. The van der Waals surface area contributed by atoms with Crippen LogP contribution in [0, 0.1) is 12.8 Å². The molecular weight excluding hydrogens is 300 g/mol. The first kappa shape index (κ1) is 14.7. The SMILES string of the molecule is CC(=O)Oc1c(C)cc(C(=O)C(C)C)c(O)c1Br. The number of ketones is 1. The third-order valence-electron chi connectivity index (χ3n) is 2.42. The molecule has 0 aromatic heterocycles. The summed E-state index contributed by atoms with van der Waals surface area (Å²) in [6.45, 7) is 6.49. The van der Waals surface area contributed by atoms with E-state index in [1.807, 2.05) is 0 Å². The molecule has 98 valence electrons. The van der Waals surface area contributed by atoms with E-state index in [4.69, 9.17) is 4.74 Å². The van der Waals surface area contributed by atoms with Gasteiger partial charge in [-0.2, -0.15) is 0 Å². The molecule has 1 aromatic rings. The van der Waals surface area contributed by atoms with E-state index in [1.165, 1.54) is 13.0 Å². The zero-order valence-electron chi connectivity index (χ0n) is 10.7. The number of hydrogen-bond donors (Lipinski definition) is 1. The van der Waals surface area contributed by atoms with Crippen LogP contribution in [0.15, 0.2) is 10.5 Å². The number of phenols is 1. The van der Waals surface area contributed by atoms with Crippen molar-refractivity contribution in [3.63, 3.8) is 0 Å². The van der Waals surface area contributed by atoms with Crippen molar-refractivity contribution in [2.45, 2.75) is 27.7 Å². The highest BCUT2D eigenvalue weighted by Gasteiger charge is 2.22. The van der Waals surface area contributed by atoms with Crippen LogP contribution in [0.3, 0.4) is 0 Å². The van der Waals surface area contributed by atoms with Crippen molar-refractivity contribution in [1.82, 2.24) is 0 Å². The third kappa shape index (κ3) is 2.90. The van der Waals surface area contributed by atoms with Crippen LogP contribution in [-0.2, 0) is 4.79 Å². The van der Waals surface area contributed by atoms with Crippen LogP contribution < -0.4 is 4.74 Å². The number of hydrogen-bond acceptors (Lipinski definition) is 4. The Morgan fingerprint density at radius 2 is 1.94 bits per heavy atom. The van der Waals surface area contributed by atoms with Gasteiger partial charge < -0.3 is 9.84 Å². The lowest BCUT2D eigenvalue weighted by molar-refractivity contribution is -0.131. The first-order chi connectivity index (χ1) is 8.25. The molecule has 0 fully saturated rings. The van der Waals surface area contributed by atoms with E-state index in [-0.39, 0.29) is 33.2 Å². The summed E-state index contributed by atoms with van der Waals surface area (Å²) in [6.07, 6.45) is 0. The number of rotatable bonds is 3. The molecule has 0 unspecified atom stereocenters. The standard InChI is InChI=1S/C13H15BrO4/c1-6(2)11(16)9-5-7(3)13(18-8(4)15)10(14)12(9)17/h5-6,17H,1-4H3. The van der Waals surface area contributed by atoms with Crippen LogP contribution in [0.5, 0.6) is 11.5 Å². The molecule has 4 nitrogen and oxygen atoms in total. The van der Waals surface area contributed by atoms with E-state index in [0.29, 0.717) is 5.56 Å². The molecule has 0 amide bonds. The van der Waals surface area contributed by atoms with E-state index < -0.39 is 5.97 Å². The van der Waals surface area contributed by atoms with Gasteiger partial charge in [0.2, 0.25) is 0 Å². The largest absolute Gasteiger partial charge is 0.506 e. The van der Waals surface area contributed by atoms with Gasteiger partial charge in [-0.1, -0.05) is 13.8 Å². The highest BCUT2D eigenvalue weighted by Crippen LogP contribution is 2.40. The molecule has 0 aliphatic heterocycles. The fourth-order valence-electron chi connectivity index (χ4n) is 1.52. The Labute approximate surface area is 114 Å². The molecule has 0 saturated carbocycles. The van der Waals surface area contributed by atoms with Gasteiger partial charge in [0, 0.05) is 12.8 Å². The normalized spacial score (nSPS) is 10.6. The number of ether oxygens (including phenoxy) is 1. The number of carbonyl (C=O) groups is 2. The lowest BCUT2D eigenvalue weighted by atomic mass is 9.98. The molecule has 1 rings (SSSR count). The predicted octanol–water partition coefficient (Wildman–Crippen LogP) is 3.23. The fraction of sp³-hybridized carbons (Fsp3) is 0.385. The lowest BCUT2D eigenvalue weighted by Crippen LogP contribution is -2.10. The zero-order chi connectivity index (χ0) is 14.0. The van der Waals surface area contributed by atoms with E-state index in [9.17, 15) is 14.7 Å². The highest BCUT2D eigenvalue weighted by atomic mass is 79.9. The molecule has 0 saturated heterocycles. The average Bonchev–Trinajstić information content (AvgIpc) is 2.28. The molecule has 18 heavy (non-hydrogen) atoms. The minimum Gasteiger partial charge on any atom is -0.506 e. The van der Waals surface area contributed by atoms with Gasteiger partial charge in [-0.25, -0.2) is 0 Å². The van der Waals surface area contributed by atoms with Crippen LogP contribution in [0.25, 0.3) is 0 Å². The Hall–Kier alpha value is -1.36. The Morgan fingerprint density at radius 3 is 2.39 bits per heavy atom. The van der Waals surface area contributed by atoms with Crippen molar-refractivity contribution in [3.8, 4) is 11.5 Å². The molecule has 0 radical (unpaired) electrons. The molecule has 1 N–H and O–H groups in total. The van der Waals surface area contributed by atoms with Gasteiger partial charge in [-0.15, -0.1) is 0 Å². The predicted molar refractivity (Wildman–Crippen MR) is 71.0 cm³/mol. The number of benzene rings is 1. The molecule has 1 aromatic carbocycles. The summed E-state index contributed by atoms with van der Waals surface area (Å²) in [5.41, 5.74) is 0.837. The van der Waals surface area contributed by atoms with Crippen LogP contribution in [0.4, 0.5) is 0 Å². The van der Waals surface area contributed by atoms with Gasteiger partial charge in [0.05, 0.1) is 5.56 Å². The van der Waals surface area contributed by atoms with Gasteiger partial charge in [0.15, 0.2) is 11.5 Å². The topological polar surface area (TPSA) is 63.6 Å². The number of phenolic OH excluding ortho intramolecular Hbond substituents is 1. The zero-order valence-corrected chi connectivity index (χ0v) is 12.3. The maximum atomic E-state index is 11.9. The monoisotopic (exact) mass is 314 g/mol. The number of aryl methyl sites for hydroxylation is 1. The second-order valence-electron chi connectivity index (χ2n) is 4.35. The maximum Gasteiger partial charge on any atom is 0.308 e. The second kappa shape index (κ2) is 5.52. The summed E-state index contributed by atoms with van der Waals surface area (Å²) in [4.78, 5) is 22.9. The summed E-state index contributed by atoms with van der Waals surface area (Å²) < 4.78 is 5.22. The number of aromatic hydroxyl groups is 1. The molecule has 5 heteroatoms. The fourth-order valence-corrected chi connectivity index (χ4v) is 2.12. The summed E-state index contributed by atoms with van der Waals surface area (Å²) in [7, 11) is 0. The Bertz CT molecular complexity index is 506. The van der Waals surface area contributed by atoms with Gasteiger partial charge >= 0.3 is 5.97 Å². The van der Waals surface area contributed by atoms with Crippen molar-refractivity contribution in [2.24, 2.45) is 5.92 Å². The molecule has 0 aliphatic rings. The minimum atomic E-state index is -0.485. The molecular formula is C13H15BrO4. The third-order valence-corrected chi connectivity index (χ3v) is 3.15. The first-order valence-electron chi connectivity index (χ1n) is 5.50.